The van der Waals surface area contributed by atoms with E-state index >= 15 is 0 Å². The van der Waals surface area contributed by atoms with Crippen molar-refractivity contribution in [3.05, 3.63) is 45.6 Å². The van der Waals surface area contributed by atoms with Crippen LogP contribution in [-0.2, 0) is 26.2 Å². The SMILES string of the molecule is CC1=CCC(C)=C1C(O)C1=C(C)CC=C1C.[Cl-].[Zr]. The van der Waals surface area contributed by atoms with Gasteiger partial charge in [-0.05, 0) is 62.8 Å². The normalized spacial score (nSPS) is 18.8. The van der Waals surface area contributed by atoms with Crippen LogP contribution in [0.2, 0.25) is 0 Å². The molecule has 1 N–H and O–H groups in total. The molecule has 0 radical (unpaired) electrons. The first kappa shape index (κ1) is 18.1. The molecule has 2 aliphatic rings. The molecular formula is C15H20ClOZr-. The molecule has 0 heterocycles. The van der Waals surface area contributed by atoms with Crippen LogP contribution in [0.15, 0.2) is 45.6 Å². The summed E-state index contributed by atoms with van der Waals surface area (Å²) in [6.07, 6.45) is 5.98. The molecule has 1 nitrogen and oxygen atoms in total. The van der Waals surface area contributed by atoms with Gasteiger partial charge in [-0.25, -0.2) is 0 Å². The number of hydrogen-bond donors (Lipinski definition) is 1. The minimum Gasteiger partial charge on any atom is -1.00 e. The molecule has 0 spiro atoms. The molecule has 0 atom stereocenters. The second-order valence-electron chi connectivity index (χ2n) is 4.97. The van der Waals surface area contributed by atoms with E-state index in [4.69, 9.17) is 0 Å². The van der Waals surface area contributed by atoms with Gasteiger partial charge < -0.3 is 17.5 Å². The van der Waals surface area contributed by atoms with E-state index in [0.29, 0.717) is 0 Å². The van der Waals surface area contributed by atoms with Gasteiger partial charge in [-0.15, -0.1) is 0 Å². The van der Waals surface area contributed by atoms with Gasteiger partial charge in [0.05, 0.1) is 0 Å². The van der Waals surface area contributed by atoms with Crippen LogP contribution in [0.4, 0.5) is 0 Å². The molecule has 0 fully saturated rings. The molecule has 0 saturated carbocycles. The maximum absolute atomic E-state index is 10.5. The van der Waals surface area contributed by atoms with Crippen LogP contribution >= 0.6 is 0 Å². The summed E-state index contributed by atoms with van der Waals surface area (Å²) in [4.78, 5) is 0. The van der Waals surface area contributed by atoms with Gasteiger partial charge in [0.2, 0.25) is 0 Å². The van der Waals surface area contributed by atoms with Gasteiger partial charge in [-0.1, -0.05) is 23.3 Å². The average molecular weight is 343 g/mol. The molecule has 0 aromatic heterocycles. The Balaban J connectivity index is 0.00000144. The van der Waals surface area contributed by atoms with Gasteiger partial charge in [0.25, 0.3) is 0 Å². The second-order valence-corrected chi connectivity index (χ2v) is 4.97. The summed E-state index contributed by atoms with van der Waals surface area (Å²) in [6, 6.07) is 0. The van der Waals surface area contributed by atoms with E-state index in [1.807, 2.05) is 0 Å². The zero-order chi connectivity index (χ0) is 11.9. The van der Waals surface area contributed by atoms with Crippen LogP contribution in [0, 0.1) is 0 Å². The van der Waals surface area contributed by atoms with E-state index in [1.54, 1.807) is 0 Å². The molecule has 0 aromatic carbocycles. The Morgan fingerprint density at radius 3 is 1.44 bits per heavy atom. The number of hydrogen-bond acceptors (Lipinski definition) is 1. The van der Waals surface area contributed by atoms with E-state index in [1.165, 1.54) is 22.3 Å². The third-order valence-electron chi connectivity index (χ3n) is 3.74. The van der Waals surface area contributed by atoms with E-state index in [2.05, 4.69) is 39.8 Å². The molecule has 0 unspecified atom stereocenters. The van der Waals surface area contributed by atoms with Gasteiger partial charge in [0.15, 0.2) is 0 Å². The van der Waals surface area contributed by atoms with Gasteiger partial charge in [-0.2, -0.15) is 0 Å². The molecule has 3 heteroatoms. The minimum atomic E-state index is -0.419. The molecule has 2 aliphatic carbocycles. The molecule has 98 valence electrons. The zero-order valence-corrected chi connectivity index (χ0v) is 14.7. The van der Waals surface area contributed by atoms with Crippen LogP contribution < -0.4 is 12.4 Å². The fourth-order valence-electron chi connectivity index (χ4n) is 2.77. The Morgan fingerprint density at radius 2 is 1.22 bits per heavy atom. The Labute approximate surface area is 135 Å². The van der Waals surface area contributed by atoms with Crippen LogP contribution in [0.25, 0.3) is 0 Å². The quantitative estimate of drug-likeness (QED) is 0.782. The largest absolute Gasteiger partial charge is 1.00 e. The Bertz CT molecular complexity index is 413. The second kappa shape index (κ2) is 7.03. The summed E-state index contributed by atoms with van der Waals surface area (Å²) in [7, 11) is 0. The predicted molar refractivity (Wildman–Crippen MR) is 68.2 cm³/mol. The topological polar surface area (TPSA) is 20.2 Å². The van der Waals surface area contributed by atoms with Crippen LogP contribution in [0.1, 0.15) is 40.5 Å². The summed E-state index contributed by atoms with van der Waals surface area (Å²) in [6.45, 7) is 8.43. The summed E-state index contributed by atoms with van der Waals surface area (Å²) in [5, 5.41) is 10.5. The van der Waals surface area contributed by atoms with E-state index in [-0.39, 0.29) is 38.6 Å². The van der Waals surface area contributed by atoms with Gasteiger partial charge in [0.1, 0.15) is 6.10 Å². The summed E-state index contributed by atoms with van der Waals surface area (Å²) >= 11 is 0. The number of rotatable bonds is 2. The maximum Gasteiger partial charge on any atom is 0.104 e. The summed E-state index contributed by atoms with van der Waals surface area (Å²) < 4.78 is 0. The van der Waals surface area contributed by atoms with Crippen LogP contribution in [-0.4, -0.2) is 11.2 Å². The molecule has 0 aromatic rings. The molecule has 0 aliphatic heterocycles. The van der Waals surface area contributed by atoms with Crippen molar-refractivity contribution in [3.63, 3.8) is 0 Å². The molecule has 0 saturated heterocycles. The molecule has 18 heavy (non-hydrogen) atoms. The van der Waals surface area contributed by atoms with Gasteiger partial charge in [-0.3, -0.25) is 0 Å². The van der Waals surface area contributed by atoms with Crippen molar-refractivity contribution in [1.82, 2.24) is 0 Å². The van der Waals surface area contributed by atoms with Crippen LogP contribution in [0.5, 0.6) is 0 Å². The third-order valence-corrected chi connectivity index (χ3v) is 3.74. The van der Waals surface area contributed by atoms with E-state index < -0.39 is 6.10 Å². The first-order chi connectivity index (χ1) is 7.52. The zero-order valence-electron chi connectivity index (χ0n) is 11.5. The number of allylic oxidation sites excluding steroid dienone is 4. The Kier molecular flexibility index (Phi) is 7.07. The van der Waals surface area contributed by atoms with E-state index in [9.17, 15) is 5.11 Å². The summed E-state index contributed by atoms with van der Waals surface area (Å²) in [5.74, 6) is 0. The molecule has 0 bridgehead atoms. The summed E-state index contributed by atoms with van der Waals surface area (Å²) in [5.41, 5.74) is 7.39. The Hall–Kier alpha value is 0.0931. The van der Waals surface area contributed by atoms with Crippen molar-refractivity contribution in [2.24, 2.45) is 0 Å². The fourth-order valence-corrected chi connectivity index (χ4v) is 2.77. The fraction of sp³-hybridized carbons (Fsp3) is 0.467. The third kappa shape index (κ3) is 3.15. The average Bonchev–Trinajstić information content (AvgIpc) is 2.71. The predicted octanol–water partition coefficient (Wildman–Crippen LogP) is 0.682. The monoisotopic (exact) mass is 341 g/mol. The van der Waals surface area contributed by atoms with Gasteiger partial charge >= 0.3 is 0 Å². The Morgan fingerprint density at radius 1 is 0.889 bits per heavy atom. The smallest absolute Gasteiger partial charge is 0.104 e. The van der Waals surface area contributed by atoms with Crippen molar-refractivity contribution in [2.45, 2.75) is 46.6 Å². The molecule has 2 rings (SSSR count). The van der Waals surface area contributed by atoms with Gasteiger partial charge in [0, 0.05) is 26.2 Å². The van der Waals surface area contributed by atoms with Crippen molar-refractivity contribution in [3.8, 4) is 0 Å². The minimum absolute atomic E-state index is 0. The number of aliphatic hydroxyl groups excluding tert-OH is 1. The maximum atomic E-state index is 10.5. The standard InChI is InChI=1S/C15H20O.ClH.Zr/c1-9-5-6-10(2)13(9)15(16)14-11(3)7-8-12(14)4;;/h5,7,15-16H,6,8H2,1-4H3;1H;/p-1. The van der Waals surface area contributed by atoms with Crippen molar-refractivity contribution in [2.75, 3.05) is 0 Å². The molecule has 0 amide bonds. The number of halogens is 1. The van der Waals surface area contributed by atoms with E-state index in [0.717, 1.165) is 24.0 Å². The van der Waals surface area contributed by atoms with Crippen molar-refractivity contribution >= 4 is 0 Å². The van der Waals surface area contributed by atoms with Crippen LogP contribution in [0.3, 0.4) is 0 Å². The van der Waals surface area contributed by atoms with Crippen molar-refractivity contribution in [1.29, 1.82) is 0 Å². The van der Waals surface area contributed by atoms with Crippen molar-refractivity contribution < 1.29 is 43.7 Å². The first-order valence-electron chi connectivity index (χ1n) is 5.94. The first-order valence-corrected chi connectivity index (χ1v) is 5.94. The molecular weight excluding hydrogens is 323 g/mol. The number of aliphatic hydroxyl groups is 1.